The Morgan fingerprint density at radius 1 is 1.00 bits per heavy atom. The molecule has 0 bridgehead atoms. The highest BCUT2D eigenvalue weighted by molar-refractivity contribution is 6.07. The molecule has 2 N–H and O–H groups in total. The number of phenolic OH excluding ortho intramolecular Hbond substituents is 1. The van der Waals surface area contributed by atoms with Gasteiger partial charge in [0.05, 0.1) is 0 Å². The molecular formula is C19H16N2O2. The number of benzene rings is 2. The van der Waals surface area contributed by atoms with Crippen molar-refractivity contribution in [3.05, 3.63) is 64.4 Å². The molecule has 0 aliphatic heterocycles. The van der Waals surface area contributed by atoms with Gasteiger partial charge in [-0.3, -0.25) is 9.36 Å². The van der Waals surface area contributed by atoms with Gasteiger partial charge in [0, 0.05) is 28.9 Å². The van der Waals surface area contributed by atoms with Gasteiger partial charge >= 0.3 is 0 Å². The van der Waals surface area contributed by atoms with E-state index in [-0.39, 0.29) is 11.3 Å². The number of aromatic nitrogens is 2. The number of aromatic hydroxyl groups is 1. The fourth-order valence-corrected chi connectivity index (χ4v) is 3.06. The molecule has 0 radical (unpaired) electrons. The van der Waals surface area contributed by atoms with Gasteiger partial charge in [0.25, 0.3) is 5.56 Å². The van der Waals surface area contributed by atoms with Gasteiger partial charge < -0.3 is 10.1 Å². The summed E-state index contributed by atoms with van der Waals surface area (Å²) in [5.41, 5.74) is 4.38. The molecule has 4 heteroatoms. The average Bonchev–Trinajstić information content (AvgIpc) is 2.90. The van der Waals surface area contributed by atoms with Crippen LogP contribution in [0.1, 0.15) is 5.56 Å². The van der Waals surface area contributed by atoms with Crippen molar-refractivity contribution in [2.24, 2.45) is 7.05 Å². The van der Waals surface area contributed by atoms with Crippen molar-refractivity contribution in [1.82, 2.24) is 9.55 Å². The Morgan fingerprint density at radius 3 is 2.48 bits per heavy atom. The maximum Gasteiger partial charge on any atom is 0.259 e. The van der Waals surface area contributed by atoms with Crippen molar-refractivity contribution in [1.29, 1.82) is 0 Å². The van der Waals surface area contributed by atoms with Crippen LogP contribution in [0.2, 0.25) is 0 Å². The van der Waals surface area contributed by atoms with Crippen LogP contribution in [0.3, 0.4) is 0 Å². The molecular weight excluding hydrogens is 288 g/mol. The fourth-order valence-electron chi connectivity index (χ4n) is 3.06. The molecule has 23 heavy (non-hydrogen) atoms. The Bertz CT molecular complexity index is 1100. The SMILES string of the molecule is Cc1ccc2[nH]c3c(cc(-c4ccc(O)cc4)c(=O)n3C)c2c1. The second-order valence-corrected chi connectivity index (χ2v) is 5.91. The van der Waals surface area contributed by atoms with Crippen LogP contribution in [0.15, 0.2) is 53.3 Å². The second-order valence-electron chi connectivity index (χ2n) is 5.91. The highest BCUT2D eigenvalue weighted by Gasteiger charge is 2.13. The quantitative estimate of drug-likeness (QED) is 0.563. The predicted octanol–water partition coefficient (Wildman–Crippen LogP) is 3.70. The fraction of sp³-hybridized carbons (Fsp3) is 0.105. The van der Waals surface area contributed by atoms with E-state index in [1.807, 2.05) is 12.1 Å². The molecule has 4 nitrogen and oxygen atoms in total. The van der Waals surface area contributed by atoms with Gasteiger partial charge in [0.2, 0.25) is 0 Å². The molecule has 0 spiro atoms. The number of hydrogen-bond donors (Lipinski definition) is 2. The monoisotopic (exact) mass is 304 g/mol. The standard InChI is InChI=1S/C19H16N2O2/c1-11-3-8-17-15(9-11)16-10-14(12-4-6-13(22)7-5-12)19(23)21(2)18(16)20-17/h3-10,20,22H,1-2H3. The molecule has 0 atom stereocenters. The second kappa shape index (κ2) is 4.74. The summed E-state index contributed by atoms with van der Waals surface area (Å²) in [6, 6.07) is 14.9. The highest BCUT2D eigenvalue weighted by Crippen LogP contribution is 2.28. The van der Waals surface area contributed by atoms with E-state index in [0.717, 1.165) is 27.5 Å². The first-order valence-electron chi connectivity index (χ1n) is 7.46. The summed E-state index contributed by atoms with van der Waals surface area (Å²) in [6.45, 7) is 2.06. The summed E-state index contributed by atoms with van der Waals surface area (Å²) in [6.07, 6.45) is 0. The number of nitrogens with zero attached hydrogens (tertiary/aromatic N) is 1. The highest BCUT2D eigenvalue weighted by atomic mass is 16.3. The van der Waals surface area contributed by atoms with Crippen molar-refractivity contribution in [2.75, 3.05) is 0 Å². The average molecular weight is 304 g/mol. The third kappa shape index (κ3) is 2.03. The Labute approximate surface area is 132 Å². The van der Waals surface area contributed by atoms with Crippen LogP contribution in [0, 0.1) is 6.92 Å². The zero-order chi connectivity index (χ0) is 16.1. The number of aryl methyl sites for hydroxylation is 2. The number of hydrogen-bond acceptors (Lipinski definition) is 2. The van der Waals surface area contributed by atoms with Crippen LogP contribution >= 0.6 is 0 Å². The minimum absolute atomic E-state index is 0.0635. The number of nitrogens with one attached hydrogen (secondary N) is 1. The lowest BCUT2D eigenvalue weighted by atomic mass is 10.0. The van der Waals surface area contributed by atoms with Crippen LogP contribution in [-0.2, 0) is 7.05 Å². The minimum atomic E-state index is -0.0635. The van der Waals surface area contributed by atoms with Crippen molar-refractivity contribution in [3.8, 4) is 16.9 Å². The molecule has 0 saturated carbocycles. The van der Waals surface area contributed by atoms with Crippen LogP contribution < -0.4 is 5.56 Å². The molecule has 0 aliphatic carbocycles. The third-order valence-corrected chi connectivity index (χ3v) is 4.31. The van der Waals surface area contributed by atoms with E-state index in [2.05, 4.69) is 24.0 Å². The zero-order valence-corrected chi connectivity index (χ0v) is 12.9. The molecule has 0 aliphatic rings. The maximum absolute atomic E-state index is 12.7. The lowest BCUT2D eigenvalue weighted by molar-refractivity contribution is 0.475. The molecule has 114 valence electrons. The van der Waals surface area contributed by atoms with Crippen LogP contribution in [0.25, 0.3) is 33.1 Å². The van der Waals surface area contributed by atoms with E-state index >= 15 is 0 Å². The number of fused-ring (bicyclic) bond motifs is 3. The molecule has 0 amide bonds. The Hall–Kier alpha value is -3.01. The smallest absolute Gasteiger partial charge is 0.259 e. The molecule has 4 aromatic rings. The van der Waals surface area contributed by atoms with Crippen molar-refractivity contribution in [2.45, 2.75) is 6.92 Å². The van der Waals surface area contributed by atoms with E-state index in [4.69, 9.17) is 0 Å². The van der Waals surface area contributed by atoms with E-state index in [1.165, 1.54) is 5.56 Å². The Morgan fingerprint density at radius 2 is 1.74 bits per heavy atom. The van der Waals surface area contributed by atoms with Gasteiger partial charge in [-0.1, -0.05) is 23.8 Å². The van der Waals surface area contributed by atoms with Gasteiger partial charge in [0.15, 0.2) is 0 Å². The van der Waals surface area contributed by atoms with Gasteiger partial charge in [0.1, 0.15) is 11.4 Å². The lowest BCUT2D eigenvalue weighted by Crippen LogP contribution is -2.18. The number of H-pyrrole nitrogens is 1. The first-order valence-corrected chi connectivity index (χ1v) is 7.46. The minimum Gasteiger partial charge on any atom is -0.508 e. The summed E-state index contributed by atoms with van der Waals surface area (Å²) >= 11 is 0. The summed E-state index contributed by atoms with van der Waals surface area (Å²) in [5.74, 6) is 0.189. The van der Waals surface area contributed by atoms with Gasteiger partial charge in [-0.2, -0.15) is 0 Å². The number of aromatic amines is 1. The molecule has 0 saturated heterocycles. The van der Waals surface area contributed by atoms with Gasteiger partial charge in [-0.05, 0) is 42.8 Å². The maximum atomic E-state index is 12.7. The van der Waals surface area contributed by atoms with E-state index in [1.54, 1.807) is 35.9 Å². The third-order valence-electron chi connectivity index (χ3n) is 4.31. The zero-order valence-electron chi connectivity index (χ0n) is 12.9. The molecule has 2 aromatic heterocycles. The topological polar surface area (TPSA) is 58.0 Å². The van der Waals surface area contributed by atoms with E-state index in [9.17, 15) is 9.90 Å². The first-order chi connectivity index (χ1) is 11.0. The largest absolute Gasteiger partial charge is 0.508 e. The molecule has 0 fully saturated rings. The first kappa shape index (κ1) is 13.6. The van der Waals surface area contributed by atoms with Crippen molar-refractivity contribution in [3.63, 3.8) is 0 Å². The summed E-state index contributed by atoms with van der Waals surface area (Å²) in [7, 11) is 1.77. The van der Waals surface area contributed by atoms with Crippen molar-refractivity contribution < 1.29 is 5.11 Å². The lowest BCUT2D eigenvalue weighted by Gasteiger charge is -2.06. The number of phenols is 1. The molecule has 2 aromatic carbocycles. The van der Waals surface area contributed by atoms with E-state index < -0.39 is 0 Å². The van der Waals surface area contributed by atoms with Gasteiger partial charge in [-0.15, -0.1) is 0 Å². The van der Waals surface area contributed by atoms with Crippen LogP contribution in [0.5, 0.6) is 5.75 Å². The predicted molar refractivity (Wildman–Crippen MR) is 92.9 cm³/mol. The van der Waals surface area contributed by atoms with Crippen LogP contribution in [0.4, 0.5) is 0 Å². The Kier molecular flexibility index (Phi) is 2.81. The normalized spacial score (nSPS) is 11.4. The number of pyridine rings is 1. The summed E-state index contributed by atoms with van der Waals surface area (Å²) in [5, 5.41) is 11.6. The number of rotatable bonds is 1. The molecule has 0 unspecified atom stereocenters. The molecule has 4 rings (SSSR count). The van der Waals surface area contributed by atoms with Gasteiger partial charge in [-0.25, -0.2) is 0 Å². The Balaban J connectivity index is 2.11. The van der Waals surface area contributed by atoms with E-state index in [0.29, 0.717) is 5.56 Å². The molecule has 2 heterocycles. The van der Waals surface area contributed by atoms with Crippen molar-refractivity contribution >= 4 is 21.9 Å². The summed E-state index contributed by atoms with van der Waals surface area (Å²) in [4.78, 5) is 16.0. The van der Waals surface area contributed by atoms with Crippen LogP contribution in [-0.4, -0.2) is 14.7 Å². The summed E-state index contributed by atoms with van der Waals surface area (Å²) < 4.78 is 1.65.